The maximum absolute atomic E-state index is 12.2. The lowest BCUT2D eigenvalue weighted by Crippen LogP contribution is -2.16. The van der Waals surface area contributed by atoms with Gasteiger partial charge in [-0.2, -0.15) is 0 Å². The highest BCUT2D eigenvalue weighted by Crippen LogP contribution is 2.15. The van der Waals surface area contributed by atoms with Crippen LogP contribution in [0.2, 0.25) is 0 Å². The molecule has 8 heteroatoms. The lowest BCUT2D eigenvalue weighted by Gasteiger charge is -2.11. The third-order valence-electron chi connectivity index (χ3n) is 3.08. The van der Waals surface area contributed by atoms with Crippen LogP contribution in [0, 0.1) is 0 Å². The third kappa shape index (κ3) is 6.60. The van der Waals surface area contributed by atoms with E-state index in [0.29, 0.717) is 5.56 Å². The van der Waals surface area contributed by atoms with Crippen LogP contribution in [0.3, 0.4) is 0 Å². The summed E-state index contributed by atoms with van der Waals surface area (Å²) in [6.45, 7) is 6.11. The molecule has 0 bridgehead atoms. The molecule has 138 valence electrons. The molecule has 0 spiro atoms. The van der Waals surface area contributed by atoms with Crippen molar-refractivity contribution < 1.29 is 38.5 Å². The van der Waals surface area contributed by atoms with Gasteiger partial charge in [0.05, 0.1) is 17.7 Å². The van der Waals surface area contributed by atoms with Gasteiger partial charge in [0.2, 0.25) is 0 Å². The normalized spacial score (nSPS) is 9.69. The fraction of sp³-hybridized carbons (Fsp3) is 0.222. The van der Waals surface area contributed by atoms with E-state index in [-0.39, 0.29) is 37.4 Å². The average Bonchev–Trinajstić information content (AvgIpc) is 2.64. The molecule has 1 N–H and O–H groups in total. The molecule has 0 aromatic heterocycles. The van der Waals surface area contributed by atoms with Crippen LogP contribution in [0.5, 0.6) is 0 Å². The first kappa shape index (κ1) is 20.6. The molecule has 0 radical (unpaired) electrons. The molecule has 0 aliphatic heterocycles. The summed E-state index contributed by atoms with van der Waals surface area (Å²) in [5, 5.41) is 9.07. The van der Waals surface area contributed by atoms with E-state index in [1.807, 2.05) is 0 Å². The predicted molar refractivity (Wildman–Crippen MR) is 89.7 cm³/mol. The molecule has 0 unspecified atom stereocenters. The molecule has 1 aromatic rings. The van der Waals surface area contributed by atoms with Gasteiger partial charge in [0.15, 0.2) is 0 Å². The first-order valence-corrected chi connectivity index (χ1v) is 7.50. The van der Waals surface area contributed by atoms with Crippen LogP contribution in [-0.4, -0.2) is 48.8 Å². The van der Waals surface area contributed by atoms with Gasteiger partial charge in [-0.05, 0) is 23.8 Å². The first-order chi connectivity index (χ1) is 12.4. The van der Waals surface area contributed by atoms with Crippen LogP contribution >= 0.6 is 0 Å². The number of carbonyl (C=O) groups excluding carboxylic acids is 3. The third-order valence-corrected chi connectivity index (χ3v) is 3.08. The molecule has 0 amide bonds. The fourth-order valence-corrected chi connectivity index (χ4v) is 1.87. The number of rotatable bonds is 10. The second kappa shape index (κ2) is 10.4. The summed E-state index contributed by atoms with van der Waals surface area (Å²) in [6.07, 6.45) is 2.08. The number of ether oxygens (including phenoxy) is 3. The molecule has 0 aliphatic carbocycles. The summed E-state index contributed by atoms with van der Waals surface area (Å²) in [7, 11) is 0. The van der Waals surface area contributed by atoms with Gasteiger partial charge in [-0.1, -0.05) is 13.2 Å². The van der Waals surface area contributed by atoms with Crippen molar-refractivity contribution in [3.8, 4) is 0 Å². The van der Waals surface area contributed by atoms with Gasteiger partial charge in [-0.3, -0.25) is 0 Å². The molecule has 0 atom stereocenters. The number of carbonyl (C=O) groups is 4. The van der Waals surface area contributed by atoms with Crippen molar-refractivity contribution in [3.63, 3.8) is 0 Å². The lowest BCUT2D eigenvalue weighted by molar-refractivity contribution is -0.139. The molecular formula is C18H18O8. The van der Waals surface area contributed by atoms with E-state index >= 15 is 0 Å². The Labute approximate surface area is 149 Å². The van der Waals surface area contributed by atoms with Crippen molar-refractivity contribution in [1.82, 2.24) is 0 Å². The van der Waals surface area contributed by atoms with Crippen LogP contribution in [0.1, 0.15) is 26.3 Å². The maximum atomic E-state index is 12.2. The minimum atomic E-state index is -1.16. The Hall–Kier alpha value is -3.42. The Balaban J connectivity index is 2.80. The summed E-state index contributed by atoms with van der Waals surface area (Å²) < 4.78 is 14.5. The molecule has 8 nitrogen and oxygen atoms in total. The Bertz CT molecular complexity index is 720. The maximum Gasteiger partial charge on any atom is 0.338 e. The van der Waals surface area contributed by atoms with E-state index in [9.17, 15) is 19.2 Å². The molecule has 0 saturated carbocycles. The summed E-state index contributed by atoms with van der Waals surface area (Å²) >= 11 is 0. The SMILES string of the molecule is C=CC(=O)OCCOC(=O)c1ccc(C(=O)O)cc1CCOC(=O)C=C. The number of hydrogen-bond donors (Lipinski definition) is 1. The number of hydrogen-bond acceptors (Lipinski definition) is 7. The highest BCUT2D eigenvalue weighted by atomic mass is 16.6. The molecule has 0 fully saturated rings. The average molecular weight is 362 g/mol. The standard InChI is InChI=1S/C18H18O8/c1-3-15(19)24-8-7-12-11-13(17(21)22)5-6-14(12)18(23)26-10-9-25-16(20)4-2/h3-6,11H,1-2,7-10H2,(H,21,22). The van der Waals surface area contributed by atoms with E-state index in [0.717, 1.165) is 12.2 Å². The zero-order valence-corrected chi connectivity index (χ0v) is 13.9. The van der Waals surface area contributed by atoms with Crippen molar-refractivity contribution in [2.75, 3.05) is 19.8 Å². The molecule has 0 heterocycles. The lowest BCUT2D eigenvalue weighted by atomic mass is 10.0. The van der Waals surface area contributed by atoms with Crippen LogP contribution < -0.4 is 0 Å². The molecule has 1 rings (SSSR count). The molecular weight excluding hydrogens is 344 g/mol. The summed E-state index contributed by atoms with van der Waals surface area (Å²) in [6, 6.07) is 3.88. The Kier molecular flexibility index (Phi) is 8.29. The van der Waals surface area contributed by atoms with Gasteiger partial charge in [-0.15, -0.1) is 0 Å². The Morgan fingerprint density at radius 1 is 0.923 bits per heavy atom. The smallest absolute Gasteiger partial charge is 0.338 e. The van der Waals surface area contributed by atoms with Crippen LogP contribution in [-0.2, 0) is 30.2 Å². The van der Waals surface area contributed by atoms with E-state index in [1.165, 1.54) is 18.2 Å². The molecule has 0 saturated heterocycles. The summed E-state index contributed by atoms with van der Waals surface area (Å²) in [5.74, 6) is -3.16. The number of benzene rings is 1. The number of carboxylic acids is 1. The topological polar surface area (TPSA) is 116 Å². The molecule has 26 heavy (non-hydrogen) atoms. The number of carboxylic acid groups (broad SMARTS) is 1. The van der Waals surface area contributed by atoms with Crippen molar-refractivity contribution in [1.29, 1.82) is 0 Å². The van der Waals surface area contributed by atoms with E-state index < -0.39 is 23.9 Å². The molecule has 0 aliphatic rings. The minimum absolute atomic E-state index is 0.0217. The van der Waals surface area contributed by atoms with Gasteiger partial charge in [-0.25, -0.2) is 19.2 Å². The van der Waals surface area contributed by atoms with Crippen molar-refractivity contribution >= 4 is 23.9 Å². The second-order valence-electron chi connectivity index (χ2n) is 4.81. The largest absolute Gasteiger partial charge is 0.478 e. The van der Waals surface area contributed by atoms with Gasteiger partial charge in [0.1, 0.15) is 13.2 Å². The Morgan fingerprint density at radius 2 is 1.50 bits per heavy atom. The number of esters is 3. The van der Waals surface area contributed by atoms with Crippen molar-refractivity contribution in [3.05, 3.63) is 60.2 Å². The highest BCUT2D eigenvalue weighted by molar-refractivity contribution is 5.94. The van der Waals surface area contributed by atoms with E-state index in [2.05, 4.69) is 17.9 Å². The summed E-state index contributed by atoms with van der Waals surface area (Å²) in [5.41, 5.74) is 0.445. The zero-order chi connectivity index (χ0) is 19.5. The van der Waals surface area contributed by atoms with Crippen LogP contribution in [0.15, 0.2) is 43.5 Å². The minimum Gasteiger partial charge on any atom is -0.478 e. The zero-order valence-electron chi connectivity index (χ0n) is 13.9. The van der Waals surface area contributed by atoms with Gasteiger partial charge in [0, 0.05) is 18.6 Å². The van der Waals surface area contributed by atoms with Gasteiger partial charge in [0.25, 0.3) is 0 Å². The summed E-state index contributed by atoms with van der Waals surface area (Å²) in [4.78, 5) is 45.2. The highest BCUT2D eigenvalue weighted by Gasteiger charge is 2.16. The monoisotopic (exact) mass is 362 g/mol. The van der Waals surface area contributed by atoms with Gasteiger partial charge < -0.3 is 19.3 Å². The second-order valence-corrected chi connectivity index (χ2v) is 4.81. The molecule has 1 aromatic carbocycles. The van der Waals surface area contributed by atoms with E-state index in [4.69, 9.17) is 14.6 Å². The van der Waals surface area contributed by atoms with E-state index in [1.54, 1.807) is 0 Å². The Morgan fingerprint density at radius 3 is 2.08 bits per heavy atom. The van der Waals surface area contributed by atoms with Crippen molar-refractivity contribution in [2.24, 2.45) is 0 Å². The van der Waals surface area contributed by atoms with Crippen LogP contribution in [0.25, 0.3) is 0 Å². The predicted octanol–water partition coefficient (Wildman–Crippen LogP) is 1.54. The van der Waals surface area contributed by atoms with Crippen molar-refractivity contribution in [2.45, 2.75) is 6.42 Å². The van der Waals surface area contributed by atoms with Gasteiger partial charge >= 0.3 is 23.9 Å². The number of aromatic carboxylic acids is 1. The fourth-order valence-electron chi connectivity index (χ4n) is 1.87. The first-order valence-electron chi connectivity index (χ1n) is 7.50. The van der Waals surface area contributed by atoms with Crippen LogP contribution in [0.4, 0.5) is 0 Å². The quantitative estimate of drug-likeness (QED) is 0.288.